The summed E-state index contributed by atoms with van der Waals surface area (Å²) in [5.74, 6) is 0. The predicted molar refractivity (Wildman–Crippen MR) is 46.6 cm³/mol. The maximum absolute atomic E-state index is 9.51. The number of aromatic nitrogens is 2. The SMILES string of the molecule is CCCC(O)c1cnc(C)cn1. The van der Waals surface area contributed by atoms with Crippen molar-refractivity contribution in [2.45, 2.75) is 32.8 Å². The second-order valence-electron chi connectivity index (χ2n) is 2.89. The van der Waals surface area contributed by atoms with Gasteiger partial charge in [0.2, 0.25) is 0 Å². The molecule has 1 unspecified atom stereocenters. The molecule has 12 heavy (non-hydrogen) atoms. The summed E-state index contributed by atoms with van der Waals surface area (Å²) in [4.78, 5) is 8.14. The zero-order valence-corrected chi connectivity index (χ0v) is 7.49. The fourth-order valence-electron chi connectivity index (χ4n) is 0.996. The highest BCUT2D eigenvalue weighted by Crippen LogP contribution is 2.14. The molecule has 0 spiro atoms. The minimum Gasteiger partial charge on any atom is -0.387 e. The van der Waals surface area contributed by atoms with Crippen molar-refractivity contribution in [3.63, 3.8) is 0 Å². The Morgan fingerprint density at radius 2 is 2.17 bits per heavy atom. The Morgan fingerprint density at radius 1 is 1.42 bits per heavy atom. The van der Waals surface area contributed by atoms with Crippen LogP contribution in [0.1, 0.15) is 37.3 Å². The van der Waals surface area contributed by atoms with Gasteiger partial charge in [0.15, 0.2) is 0 Å². The lowest BCUT2D eigenvalue weighted by atomic mass is 10.1. The van der Waals surface area contributed by atoms with Crippen molar-refractivity contribution in [1.82, 2.24) is 9.97 Å². The number of hydrogen-bond donors (Lipinski definition) is 1. The number of rotatable bonds is 3. The van der Waals surface area contributed by atoms with Crippen molar-refractivity contribution in [3.8, 4) is 0 Å². The minimum atomic E-state index is -0.455. The quantitative estimate of drug-likeness (QED) is 0.742. The third kappa shape index (κ3) is 2.27. The van der Waals surface area contributed by atoms with Crippen LogP contribution in [0.15, 0.2) is 12.4 Å². The topological polar surface area (TPSA) is 46.0 Å². The highest BCUT2D eigenvalue weighted by atomic mass is 16.3. The van der Waals surface area contributed by atoms with Gasteiger partial charge in [-0.2, -0.15) is 0 Å². The lowest BCUT2D eigenvalue weighted by Crippen LogP contribution is -2.00. The van der Waals surface area contributed by atoms with E-state index in [1.54, 1.807) is 12.4 Å². The molecule has 0 saturated carbocycles. The largest absolute Gasteiger partial charge is 0.387 e. The van der Waals surface area contributed by atoms with Crippen LogP contribution in [0.25, 0.3) is 0 Å². The highest BCUT2D eigenvalue weighted by molar-refractivity contribution is 5.03. The summed E-state index contributed by atoms with van der Waals surface area (Å²) >= 11 is 0. The molecule has 1 N–H and O–H groups in total. The Balaban J connectivity index is 2.68. The maximum Gasteiger partial charge on any atom is 0.0975 e. The summed E-state index contributed by atoms with van der Waals surface area (Å²) < 4.78 is 0. The predicted octanol–water partition coefficient (Wildman–Crippen LogP) is 1.62. The summed E-state index contributed by atoms with van der Waals surface area (Å²) in [6, 6.07) is 0. The molecule has 0 aliphatic carbocycles. The monoisotopic (exact) mass is 166 g/mol. The Morgan fingerprint density at radius 3 is 2.67 bits per heavy atom. The first-order chi connectivity index (χ1) is 5.74. The van der Waals surface area contributed by atoms with Gasteiger partial charge in [-0.05, 0) is 13.3 Å². The van der Waals surface area contributed by atoms with E-state index >= 15 is 0 Å². The van der Waals surface area contributed by atoms with Crippen molar-refractivity contribution in [1.29, 1.82) is 0 Å². The highest BCUT2D eigenvalue weighted by Gasteiger charge is 2.06. The van der Waals surface area contributed by atoms with E-state index in [-0.39, 0.29) is 0 Å². The van der Waals surface area contributed by atoms with Gasteiger partial charge in [-0.3, -0.25) is 9.97 Å². The van der Waals surface area contributed by atoms with E-state index in [1.165, 1.54) is 0 Å². The lowest BCUT2D eigenvalue weighted by molar-refractivity contribution is 0.161. The normalized spacial score (nSPS) is 12.9. The number of aliphatic hydroxyl groups is 1. The van der Waals surface area contributed by atoms with Crippen molar-refractivity contribution in [2.24, 2.45) is 0 Å². The maximum atomic E-state index is 9.51. The van der Waals surface area contributed by atoms with E-state index < -0.39 is 6.10 Å². The van der Waals surface area contributed by atoms with Crippen LogP contribution in [0, 0.1) is 6.92 Å². The molecule has 66 valence electrons. The van der Waals surface area contributed by atoms with E-state index in [1.807, 2.05) is 13.8 Å². The Hall–Kier alpha value is -0.960. The van der Waals surface area contributed by atoms with Gasteiger partial charge in [-0.15, -0.1) is 0 Å². The van der Waals surface area contributed by atoms with Crippen molar-refractivity contribution >= 4 is 0 Å². The fraction of sp³-hybridized carbons (Fsp3) is 0.556. The smallest absolute Gasteiger partial charge is 0.0975 e. The number of aryl methyl sites for hydroxylation is 1. The van der Waals surface area contributed by atoms with Gasteiger partial charge in [0, 0.05) is 6.20 Å². The van der Waals surface area contributed by atoms with Gasteiger partial charge in [0.25, 0.3) is 0 Å². The summed E-state index contributed by atoms with van der Waals surface area (Å²) in [5.41, 5.74) is 1.55. The zero-order valence-electron chi connectivity index (χ0n) is 7.49. The van der Waals surface area contributed by atoms with Gasteiger partial charge in [-0.1, -0.05) is 13.3 Å². The van der Waals surface area contributed by atoms with E-state index in [2.05, 4.69) is 9.97 Å². The molecule has 3 heteroatoms. The Bertz CT molecular complexity index is 233. The molecular formula is C9H14N2O. The molecule has 1 aromatic rings. The van der Waals surface area contributed by atoms with Crippen LogP contribution < -0.4 is 0 Å². The van der Waals surface area contributed by atoms with E-state index in [0.29, 0.717) is 5.69 Å². The lowest BCUT2D eigenvalue weighted by Gasteiger charge is -2.07. The molecule has 3 nitrogen and oxygen atoms in total. The van der Waals surface area contributed by atoms with Gasteiger partial charge in [0.1, 0.15) is 0 Å². The molecule has 0 radical (unpaired) electrons. The first-order valence-corrected chi connectivity index (χ1v) is 4.20. The minimum absolute atomic E-state index is 0.455. The van der Waals surface area contributed by atoms with E-state index in [9.17, 15) is 5.11 Å². The van der Waals surface area contributed by atoms with Crippen molar-refractivity contribution in [3.05, 3.63) is 23.8 Å². The van der Waals surface area contributed by atoms with Crippen LogP contribution in [-0.4, -0.2) is 15.1 Å². The molecule has 0 saturated heterocycles. The summed E-state index contributed by atoms with van der Waals surface area (Å²) in [7, 11) is 0. The molecule has 1 heterocycles. The second-order valence-corrected chi connectivity index (χ2v) is 2.89. The van der Waals surface area contributed by atoms with Gasteiger partial charge >= 0.3 is 0 Å². The van der Waals surface area contributed by atoms with Gasteiger partial charge in [-0.25, -0.2) is 0 Å². The van der Waals surface area contributed by atoms with Gasteiger partial charge in [0.05, 0.1) is 23.7 Å². The summed E-state index contributed by atoms with van der Waals surface area (Å²) in [6.45, 7) is 3.91. The number of nitrogens with zero attached hydrogens (tertiary/aromatic N) is 2. The fourth-order valence-corrected chi connectivity index (χ4v) is 0.996. The number of aliphatic hydroxyl groups excluding tert-OH is 1. The van der Waals surface area contributed by atoms with Crippen LogP contribution in [0.5, 0.6) is 0 Å². The van der Waals surface area contributed by atoms with Crippen LogP contribution in [-0.2, 0) is 0 Å². The second kappa shape index (κ2) is 4.16. The zero-order chi connectivity index (χ0) is 8.97. The molecule has 0 amide bonds. The Kier molecular flexibility index (Phi) is 3.17. The van der Waals surface area contributed by atoms with Crippen molar-refractivity contribution in [2.75, 3.05) is 0 Å². The molecule has 0 bridgehead atoms. The average Bonchev–Trinajstić information content (AvgIpc) is 2.06. The van der Waals surface area contributed by atoms with E-state index in [4.69, 9.17) is 0 Å². The first kappa shape index (κ1) is 9.13. The molecular weight excluding hydrogens is 152 g/mol. The standard InChI is InChI=1S/C9H14N2O/c1-3-4-9(12)8-6-10-7(2)5-11-8/h5-6,9,12H,3-4H2,1-2H3. The van der Waals surface area contributed by atoms with E-state index in [0.717, 1.165) is 18.5 Å². The van der Waals surface area contributed by atoms with Crippen molar-refractivity contribution < 1.29 is 5.11 Å². The first-order valence-electron chi connectivity index (χ1n) is 4.20. The molecule has 0 aliphatic heterocycles. The van der Waals surface area contributed by atoms with Crippen LogP contribution >= 0.6 is 0 Å². The van der Waals surface area contributed by atoms with Crippen LogP contribution in [0.2, 0.25) is 0 Å². The average molecular weight is 166 g/mol. The molecule has 1 aromatic heterocycles. The van der Waals surface area contributed by atoms with Crippen LogP contribution in [0.4, 0.5) is 0 Å². The Labute approximate surface area is 72.5 Å². The molecule has 0 aromatic carbocycles. The molecule has 0 aliphatic rings. The molecule has 1 rings (SSSR count). The summed E-state index contributed by atoms with van der Waals surface area (Å²) in [5, 5.41) is 9.51. The third-order valence-electron chi connectivity index (χ3n) is 1.70. The number of hydrogen-bond acceptors (Lipinski definition) is 3. The molecule has 0 fully saturated rings. The van der Waals surface area contributed by atoms with Gasteiger partial charge < -0.3 is 5.11 Å². The third-order valence-corrected chi connectivity index (χ3v) is 1.70. The molecule has 1 atom stereocenters. The van der Waals surface area contributed by atoms with Crippen LogP contribution in [0.3, 0.4) is 0 Å². The summed E-state index contributed by atoms with van der Waals surface area (Å²) in [6.07, 6.45) is 4.56.